The van der Waals surface area contributed by atoms with Gasteiger partial charge < -0.3 is 11.1 Å². The van der Waals surface area contributed by atoms with Gasteiger partial charge in [-0.3, -0.25) is 4.79 Å². The summed E-state index contributed by atoms with van der Waals surface area (Å²) in [5, 5.41) is 3.08. The number of halogens is 1. The van der Waals surface area contributed by atoms with Crippen LogP contribution in [0.4, 0.5) is 0 Å². The fourth-order valence-electron chi connectivity index (χ4n) is 2.05. The number of rotatable bonds is 7. The lowest BCUT2D eigenvalue weighted by Crippen LogP contribution is -2.47. The van der Waals surface area contributed by atoms with Crippen molar-refractivity contribution in [3.63, 3.8) is 0 Å². The van der Waals surface area contributed by atoms with E-state index in [1.807, 2.05) is 44.2 Å². The third-order valence-corrected chi connectivity index (χ3v) is 3.59. The van der Waals surface area contributed by atoms with Gasteiger partial charge >= 0.3 is 0 Å². The summed E-state index contributed by atoms with van der Waals surface area (Å²) in [6, 6.07) is 9.94. The average Bonchev–Trinajstić information content (AvgIpc) is 2.44. The summed E-state index contributed by atoms with van der Waals surface area (Å²) in [6.07, 6.45) is 3.16. The highest BCUT2D eigenvalue weighted by atomic mass is 35.5. The van der Waals surface area contributed by atoms with E-state index < -0.39 is 5.41 Å². The summed E-state index contributed by atoms with van der Waals surface area (Å²) in [7, 11) is 0. The highest BCUT2D eigenvalue weighted by Crippen LogP contribution is 2.23. The molecule has 0 radical (unpaired) electrons. The third kappa shape index (κ3) is 5.14. The SMILES string of the molecule is CCCCC(CN)NC(=O)C(C)(C)c1ccccc1.Cl. The van der Waals surface area contributed by atoms with Crippen molar-refractivity contribution < 1.29 is 4.79 Å². The molecule has 0 heterocycles. The maximum Gasteiger partial charge on any atom is 0.230 e. The summed E-state index contributed by atoms with van der Waals surface area (Å²) in [5.74, 6) is 0.0465. The number of hydrogen-bond acceptors (Lipinski definition) is 2. The van der Waals surface area contributed by atoms with E-state index >= 15 is 0 Å². The molecule has 0 aliphatic carbocycles. The highest BCUT2D eigenvalue weighted by Gasteiger charge is 2.30. The van der Waals surface area contributed by atoms with Crippen LogP contribution in [0.25, 0.3) is 0 Å². The Balaban J connectivity index is 0.00000361. The molecule has 0 aliphatic rings. The molecule has 114 valence electrons. The minimum Gasteiger partial charge on any atom is -0.351 e. The quantitative estimate of drug-likeness (QED) is 0.813. The van der Waals surface area contributed by atoms with Gasteiger partial charge in [0.1, 0.15) is 0 Å². The lowest BCUT2D eigenvalue weighted by Gasteiger charge is -2.27. The predicted octanol–water partition coefficient (Wildman–Crippen LogP) is 3.02. The molecule has 0 saturated heterocycles. The van der Waals surface area contributed by atoms with E-state index in [1.54, 1.807) is 0 Å². The van der Waals surface area contributed by atoms with Crippen LogP contribution in [0.3, 0.4) is 0 Å². The summed E-state index contributed by atoms with van der Waals surface area (Å²) in [5.41, 5.74) is 6.23. The van der Waals surface area contributed by atoms with Crippen LogP contribution in [0.15, 0.2) is 30.3 Å². The summed E-state index contributed by atoms with van der Waals surface area (Å²) < 4.78 is 0. The number of hydrogen-bond donors (Lipinski definition) is 2. The molecule has 0 spiro atoms. The standard InChI is InChI=1S/C16H26N2O.ClH/c1-4-5-11-14(12-17)18-15(19)16(2,3)13-9-7-6-8-10-13;/h6-10,14H,4-5,11-12,17H2,1-3H3,(H,18,19);1H. The van der Waals surface area contributed by atoms with E-state index in [1.165, 1.54) is 0 Å². The van der Waals surface area contributed by atoms with Crippen molar-refractivity contribution in [2.24, 2.45) is 5.73 Å². The molecule has 0 fully saturated rings. The molecule has 1 unspecified atom stereocenters. The maximum atomic E-state index is 12.4. The van der Waals surface area contributed by atoms with Crippen LogP contribution in [0.2, 0.25) is 0 Å². The van der Waals surface area contributed by atoms with Crippen molar-refractivity contribution in [3.05, 3.63) is 35.9 Å². The lowest BCUT2D eigenvalue weighted by atomic mass is 9.83. The van der Waals surface area contributed by atoms with E-state index in [0.717, 1.165) is 24.8 Å². The Hall–Kier alpha value is -1.06. The average molecular weight is 299 g/mol. The molecule has 0 bridgehead atoms. The normalized spacial score (nSPS) is 12.4. The second-order valence-corrected chi connectivity index (χ2v) is 5.54. The minimum absolute atomic E-state index is 0. The summed E-state index contributed by atoms with van der Waals surface area (Å²) >= 11 is 0. The molecule has 3 nitrogen and oxygen atoms in total. The molecule has 1 aromatic rings. The van der Waals surface area contributed by atoms with Gasteiger partial charge in [-0.05, 0) is 25.8 Å². The largest absolute Gasteiger partial charge is 0.351 e. The van der Waals surface area contributed by atoms with E-state index in [4.69, 9.17) is 5.73 Å². The first-order chi connectivity index (χ1) is 9.02. The first-order valence-corrected chi connectivity index (χ1v) is 7.09. The van der Waals surface area contributed by atoms with Gasteiger partial charge in [-0.25, -0.2) is 0 Å². The predicted molar refractivity (Wildman–Crippen MR) is 87.2 cm³/mol. The Morgan fingerprint density at radius 2 is 1.90 bits per heavy atom. The Labute approximate surface area is 128 Å². The molecular weight excluding hydrogens is 272 g/mol. The Bertz CT molecular complexity index is 393. The summed E-state index contributed by atoms with van der Waals surface area (Å²) in [6.45, 7) is 6.54. The number of amides is 1. The van der Waals surface area contributed by atoms with Gasteiger partial charge in [-0.15, -0.1) is 12.4 Å². The van der Waals surface area contributed by atoms with Gasteiger partial charge in [-0.1, -0.05) is 50.1 Å². The molecular formula is C16H27ClN2O. The van der Waals surface area contributed by atoms with Crippen LogP contribution in [-0.4, -0.2) is 18.5 Å². The van der Waals surface area contributed by atoms with Gasteiger partial charge in [0.15, 0.2) is 0 Å². The molecule has 1 rings (SSSR count). The fraction of sp³-hybridized carbons (Fsp3) is 0.562. The van der Waals surface area contributed by atoms with Crippen LogP contribution in [0, 0.1) is 0 Å². The number of unbranched alkanes of at least 4 members (excludes halogenated alkanes) is 1. The molecule has 20 heavy (non-hydrogen) atoms. The molecule has 4 heteroatoms. The lowest BCUT2D eigenvalue weighted by molar-refractivity contribution is -0.126. The summed E-state index contributed by atoms with van der Waals surface area (Å²) in [4.78, 5) is 12.4. The maximum absolute atomic E-state index is 12.4. The Morgan fingerprint density at radius 3 is 2.40 bits per heavy atom. The van der Waals surface area contributed by atoms with Crippen molar-refractivity contribution in [2.75, 3.05) is 6.54 Å². The topological polar surface area (TPSA) is 55.1 Å². The van der Waals surface area contributed by atoms with Gasteiger partial charge in [0.25, 0.3) is 0 Å². The van der Waals surface area contributed by atoms with Crippen LogP contribution < -0.4 is 11.1 Å². The van der Waals surface area contributed by atoms with Gasteiger partial charge in [0, 0.05) is 12.6 Å². The zero-order valence-electron chi connectivity index (χ0n) is 12.7. The molecule has 0 saturated carbocycles. The second kappa shape index (κ2) is 8.98. The van der Waals surface area contributed by atoms with E-state index in [0.29, 0.717) is 6.54 Å². The number of nitrogens with two attached hydrogens (primary N) is 1. The van der Waals surface area contributed by atoms with Crippen LogP contribution in [-0.2, 0) is 10.2 Å². The highest BCUT2D eigenvalue weighted by molar-refractivity contribution is 5.87. The van der Waals surface area contributed by atoms with Crippen molar-refractivity contribution in [3.8, 4) is 0 Å². The zero-order chi connectivity index (χ0) is 14.3. The smallest absolute Gasteiger partial charge is 0.230 e. The molecule has 3 N–H and O–H groups in total. The van der Waals surface area contributed by atoms with Crippen LogP contribution >= 0.6 is 12.4 Å². The minimum atomic E-state index is -0.527. The van der Waals surface area contributed by atoms with Crippen molar-refractivity contribution in [2.45, 2.75) is 51.5 Å². The first kappa shape index (κ1) is 18.9. The van der Waals surface area contributed by atoms with Crippen molar-refractivity contribution >= 4 is 18.3 Å². The van der Waals surface area contributed by atoms with Gasteiger partial charge in [-0.2, -0.15) is 0 Å². The first-order valence-electron chi connectivity index (χ1n) is 7.09. The Kier molecular flexibility index (Phi) is 8.51. The van der Waals surface area contributed by atoms with Gasteiger partial charge in [0.05, 0.1) is 5.41 Å². The number of carbonyl (C=O) groups is 1. The molecule has 0 aromatic heterocycles. The molecule has 0 aliphatic heterocycles. The number of nitrogens with one attached hydrogen (secondary N) is 1. The number of carbonyl (C=O) groups excluding carboxylic acids is 1. The van der Waals surface area contributed by atoms with E-state index in [2.05, 4.69) is 12.2 Å². The van der Waals surface area contributed by atoms with Gasteiger partial charge in [0.2, 0.25) is 5.91 Å². The zero-order valence-corrected chi connectivity index (χ0v) is 13.5. The molecule has 1 amide bonds. The van der Waals surface area contributed by atoms with Crippen molar-refractivity contribution in [1.29, 1.82) is 0 Å². The molecule has 1 atom stereocenters. The Morgan fingerprint density at radius 1 is 1.30 bits per heavy atom. The number of benzene rings is 1. The van der Waals surface area contributed by atoms with E-state index in [-0.39, 0.29) is 24.4 Å². The third-order valence-electron chi connectivity index (χ3n) is 3.59. The van der Waals surface area contributed by atoms with E-state index in [9.17, 15) is 4.79 Å². The van der Waals surface area contributed by atoms with Crippen LogP contribution in [0.5, 0.6) is 0 Å². The fourth-order valence-corrected chi connectivity index (χ4v) is 2.05. The monoisotopic (exact) mass is 298 g/mol. The van der Waals surface area contributed by atoms with Crippen LogP contribution in [0.1, 0.15) is 45.6 Å². The second-order valence-electron chi connectivity index (χ2n) is 5.54. The van der Waals surface area contributed by atoms with Crippen molar-refractivity contribution in [1.82, 2.24) is 5.32 Å². The molecule has 1 aromatic carbocycles.